The van der Waals surface area contributed by atoms with Crippen molar-refractivity contribution in [3.63, 3.8) is 0 Å². The van der Waals surface area contributed by atoms with E-state index in [-0.39, 0.29) is 23.8 Å². The number of carbonyl (C=O) groups is 2. The first-order valence-corrected chi connectivity index (χ1v) is 11.5. The Morgan fingerprint density at radius 1 is 1.09 bits per heavy atom. The molecule has 0 saturated carbocycles. The van der Waals surface area contributed by atoms with Crippen LogP contribution < -0.4 is 10.2 Å². The van der Waals surface area contributed by atoms with Gasteiger partial charge >= 0.3 is 0 Å². The number of rotatable bonds is 6. The van der Waals surface area contributed by atoms with Gasteiger partial charge in [0.2, 0.25) is 0 Å². The Kier molecular flexibility index (Phi) is 6.05. The standard InChI is InChI=1S/C26H25N7O2/c1-17(2)33-16-30-24(31-33)21-15-32(26(35)22-7-3-4-11-28-22)23-9-8-19(12-20(21)23)25(34)29-14-18-6-5-10-27-13-18/h3-13,16-17,21H,14-15H2,1-2H3,(H,29,34)/t21-/m1/s1. The Hall–Kier alpha value is -4.40. The molecule has 0 saturated heterocycles. The zero-order chi connectivity index (χ0) is 24.4. The van der Waals surface area contributed by atoms with E-state index in [1.807, 2.05) is 38.1 Å². The van der Waals surface area contributed by atoms with Gasteiger partial charge in [-0.3, -0.25) is 24.2 Å². The van der Waals surface area contributed by atoms with Gasteiger partial charge in [0.15, 0.2) is 5.82 Å². The summed E-state index contributed by atoms with van der Waals surface area (Å²) in [5.74, 6) is -0.0510. The molecule has 0 spiro atoms. The first-order valence-electron chi connectivity index (χ1n) is 11.5. The molecule has 4 heterocycles. The second kappa shape index (κ2) is 9.46. The Bertz CT molecular complexity index is 1350. The highest BCUT2D eigenvalue weighted by molar-refractivity contribution is 6.07. The average molecular weight is 468 g/mol. The molecule has 3 aromatic heterocycles. The van der Waals surface area contributed by atoms with Gasteiger partial charge in [-0.05, 0) is 61.4 Å². The molecule has 1 atom stereocenters. The lowest BCUT2D eigenvalue weighted by atomic mass is 9.98. The molecule has 5 rings (SSSR count). The van der Waals surface area contributed by atoms with E-state index in [9.17, 15) is 9.59 Å². The fourth-order valence-electron chi connectivity index (χ4n) is 4.12. The number of nitrogens with zero attached hydrogens (tertiary/aromatic N) is 6. The van der Waals surface area contributed by atoms with Gasteiger partial charge in [-0.15, -0.1) is 0 Å². The number of nitrogens with one attached hydrogen (secondary N) is 1. The minimum atomic E-state index is -0.260. The van der Waals surface area contributed by atoms with Gasteiger partial charge < -0.3 is 10.2 Å². The molecule has 1 N–H and O–H groups in total. The molecule has 176 valence electrons. The molecule has 0 aliphatic carbocycles. The van der Waals surface area contributed by atoms with Crippen molar-refractivity contribution >= 4 is 17.5 Å². The van der Waals surface area contributed by atoms with Crippen molar-refractivity contribution in [2.45, 2.75) is 32.4 Å². The van der Waals surface area contributed by atoms with Crippen LogP contribution in [0.4, 0.5) is 5.69 Å². The number of amides is 2. The van der Waals surface area contributed by atoms with E-state index in [4.69, 9.17) is 0 Å². The number of pyridine rings is 2. The molecule has 1 aliphatic rings. The number of hydrogen-bond donors (Lipinski definition) is 1. The quantitative estimate of drug-likeness (QED) is 0.466. The Morgan fingerprint density at radius 2 is 1.97 bits per heavy atom. The van der Waals surface area contributed by atoms with Crippen LogP contribution in [0.15, 0.2) is 73.4 Å². The van der Waals surface area contributed by atoms with Crippen LogP contribution in [0.25, 0.3) is 0 Å². The summed E-state index contributed by atoms with van der Waals surface area (Å²) in [7, 11) is 0. The van der Waals surface area contributed by atoms with Crippen LogP contribution >= 0.6 is 0 Å². The molecule has 0 bridgehead atoms. The lowest BCUT2D eigenvalue weighted by Gasteiger charge is -2.17. The van der Waals surface area contributed by atoms with Gasteiger partial charge in [0.25, 0.3) is 11.8 Å². The molecule has 1 aromatic carbocycles. The SMILES string of the molecule is CC(C)n1cnc([C@@H]2CN(C(=O)c3ccccn3)c3ccc(C(=O)NCc4cccnc4)cc32)n1. The van der Waals surface area contributed by atoms with Crippen LogP contribution in [0, 0.1) is 0 Å². The largest absolute Gasteiger partial charge is 0.348 e. The van der Waals surface area contributed by atoms with Crippen LogP contribution in [0.3, 0.4) is 0 Å². The third-order valence-corrected chi connectivity index (χ3v) is 5.99. The maximum absolute atomic E-state index is 13.3. The summed E-state index contributed by atoms with van der Waals surface area (Å²) in [6.07, 6.45) is 6.71. The topological polar surface area (TPSA) is 106 Å². The lowest BCUT2D eigenvalue weighted by molar-refractivity contribution is 0.0949. The summed E-state index contributed by atoms with van der Waals surface area (Å²) in [5.41, 5.74) is 3.35. The number of aromatic nitrogens is 5. The van der Waals surface area contributed by atoms with E-state index in [2.05, 4.69) is 25.4 Å². The van der Waals surface area contributed by atoms with Gasteiger partial charge in [0.1, 0.15) is 12.0 Å². The summed E-state index contributed by atoms with van der Waals surface area (Å²) in [6.45, 7) is 4.80. The minimum absolute atomic E-state index is 0.160. The predicted molar refractivity (Wildman–Crippen MR) is 130 cm³/mol. The van der Waals surface area contributed by atoms with Crippen LogP contribution in [0.2, 0.25) is 0 Å². The zero-order valence-corrected chi connectivity index (χ0v) is 19.5. The van der Waals surface area contributed by atoms with Crippen LogP contribution in [-0.4, -0.2) is 43.1 Å². The summed E-state index contributed by atoms with van der Waals surface area (Å²) >= 11 is 0. The fourth-order valence-corrected chi connectivity index (χ4v) is 4.12. The zero-order valence-electron chi connectivity index (χ0n) is 19.5. The maximum Gasteiger partial charge on any atom is 0.276 e. The number of carbonyl (C=O) groups excluding carboxylic acids is 2. The lowest BCUT2D eigenvalue weighted by Crippen LogP contribution is -2.30. The number of anilines is 1. The number of fused-ring (bicyclic) bond motifs is 1. The maximum atomic E-state index is 13.3. The average Bonchev–Trinajstić information content (AvgIpc) is 3.53. The van der Waals surface area contributed by atoms with Gasteiger partial charge in [-0.25, -0.2) is 4.98 Å². The third kappa shape index (κ3) is 4.52. The fraction of sp³-hybridized carbons (Fsp3) is 0.231. The van der Waals surface area contributed by atoms with Gasteiger partial charge in [-0.1, -0.05) is 12.1 Å². The molecule has 0 unspecified atom stereocenters. The summed E-state index contributed by atoms with van der Waals surface area (Å²) in [5, 5.41) is 7.59. The predicted octanol–water partition coefficient (Wildman–Crippen LogP) is 3.37. The highest BCUT2D eigenvalue weighted by Crippen LogP contribution is 2.40. The van der Waals surface area contributed by atoms with Crippen molar-refractivity contribution in [1.82, 2.24) is 30.0 Å². The molecular formula is C26H25N7O2. The molecule has 2 amide bonds. The van der Waals surface area contributed by atoms with Crippen LogP contribution in [0.1, 0.15) is 63.6 Å². The van der Waals surface area contributed by atoms with Crippen molar-refractivity contribution in [2.75, 3.05) is 11.4 Å². The van der Waals surface area contributed by atoms with E-state index in [1.54, 1.807) is 58.8 Å². The molecule has 0 fully saturated rings. The Balaban J connectivity index is 1.47. The Labute approximate surface area is 202 Å². The van der Waals surface area contributed by atoms with Gasteiger partial charge in [0.05, 0.1) is 5.92 Å². The molecule has 4 aromatic rings. The molecule has 1 aliphatic heterocycles. The minimum Gasteiger partial charge on any atom is -0.348 e. The van der Waals surface area contributed by atoms with E-state index in [0.29, 0.717) is 30.2 Å². The van der Waals surface area contributed by atoms with E-state index in [1.165, 1.54) is 0 Å². The van der Waals surface area contributed by atoms with E-state index in [0.717, 1.165) is 16.8 Å². The smallest absolute Gasteiger partial charge is 0.276 e. The molecule has 0 radical (unpaired) electrons. The molecular weight excluding hydrogens is 442 g/mol. The summed E-state index contributed by atoms with van der Waals surface area (Å²) in [6, 6.07) is 14.5. The number of benzene rings is 1. The van der Waals surface area contributed by atoms with E-state index >= 15 is 0 Å². The van der Waals surface area contributed by atoms with Crippen molar-refractivity contribution in [1.29, 1.82) is 0 Å². The van der Waals surface area contributed by atoms with Crippen molar-refractivity contribution in [3.05, 3.63) is 102 Å². The van der Waals surface area contributed by atoms with E-state index < -0.39 is 0 Å². The highest BCUT2D eigenvalue weighted by atomic mass is 16.2. The Morgan fingerprint density at radius 3 is 2.69 bits per heavy atom. The first kappa shape index (κ1) is 22.4. The highest BCUT2D eigenvalue weighted by Gasteiger charge is 2.37. The second-order valence-electron chi connectivity index (χ2n) is 8.68. The van der Waals surface area contributed by atoms with Gasteiger partial charge in [0, 0.05) is 49.0 Å². The van der Waals surface area contributed by atoms with Crippen molar-refractivity contribution < 1.29 is 9.59 Å². The second-order valence-corrected chi connectivity index (χ2v) is 8.68. The van der Waals surface area contributed by atoms with Crippen molar-refractivity contribution in [3.8, 4) is 0 Å². The first-order chi connectivity index (χ1) is 17.0. The summed E-state index contributed by atoms with van der Waals surface area (Å²) in [4.78, 5) is 40.8. The number of hydrogen-bond acceptors (Lipinski definition) is 6. The third-order valence-electron chi connectivity index (χ3n) is 5.99. The van der Waals surface area contributed by atoms with Crippen LogP contribution in [0.5, 0.6) is 0 Å². The van der Waals surface area contributed by atoms with Crippen LogP contribution in [-0.2, 0) is 6.54 Å². The monoisotopic (exact) mass is 467 g/mol. The van der Waals surface area contributed by atoms with Gasteiger partial charge in [-0.2, -0.15) is 5.10 Å². The molecule has 9 nitrogen and oxygen atoms in total. The normalized spacial score (nSPS) is 14.7. The summed E-state index contributed by atoms with van der Waals surface area (Å²) < 4.78 is 1.79. The molecule has 35 heavy (non-hydrogen) atoms. The van der Waals surface area contributed by atoms with Crippen molar-refractivity contribution in [2.24, 2.45) is 0 Å². The molecule has 9 heteroatoms.